The summed E-state index contributed by atoms with van der Waals surface area (Å²) in [5.74, 6) is 0.768. The molecular formula is C16H19Cl2N3. The quantitative estimate of drug-likeness (QED) is 0.888. The molecule has 0 bridgehead atoms. The van der Waals surface area contributed by atoms with E-state index in [2.05, 4.69) is 29.1 Å². The third kappa shape index (κ3) is 4.16. The molecule has 0 amide bonds. The first-order valence-corrected chi connectivity index (χ1v) is 7.76. The molecule has 2 rings (SSSR count). The van der Waals surface area contributed by atoms with Gasteiger partial charge in [0.1, 0.15) is 5.82 Å². The van der Waals surface area contributed by atoms with Gasteiger partial charge in [0.2, 0.25) is 0 Å². The predicted molar refractivity (Wildman–Crippen MR) is 88.1 cm³/mol. The number of benzene rings is 1. The van der Waals surface area contributed by atoms with E-state index < -0.39 is 0 Å². The minimum absolute atomic E-state index is 0.253. The van der Waals surface area contributed by atoms with Crippen LogP contribution in [0.4, 0.5) is 0 Å². The van der Waals surface area contributed by atoms with E-state index in [0.29, 0.717) is 16.5 Å². The fourth-order valence-corrected chi connectivity index (χ4v) is 2.76. The molecule has 5 heteroatoms. The highest BCUT2D eigenvalue weighted by atomic mass is 35.5. The number of hydrogen-bond acceptors (Lipinski definition) is 3. The molecular weight excluding hydrogens is 305 g/mol. The van der Waals surface area contributed by atoms with Gasteiger partial charge in [0, 0.05) is 40.0 Å². The molecule has 0 radical (unpaired) electrons. The molecule has 0 saturated carbocycles. The second-order valence-electron chi connectivity index (χ2n) is 5.02. The Labute approximate surface area is 135 Å². The van der Waals surface area contributed by atoms with Crippen LogP contribution in [-0.4, -0.2) is 16.5 Å². The summed E-state index contributed by atoms with van der Waals surface area (Å²) in [5.41, 5.74) is 3.11. The molecule has 112 valence electrons. The Bertz CT molecular complexity index is 629. The van der Waals surface area contributed by atoms with E-state index >= 15 is 0 Å². The van der Waals surface area contributed by atoms with Crippen molar-refractivity contribution >= 4 is 23.2 Å². The molecule has 1 heterocycles. The van der Waals surface area contributed by atoms with Gasteiger partial charge in [-0.25, -0.2) is 9.97 Å². The molecule has 1 aromatic carbocycles. The van der Waals surface area contributed by atoms with Crippen LogP contribution in [0.1, 0.15) is 42.5 Å². The Morgan fingerprint density at radius 2 is 2.05 bits per heavy atom. The van der Waals surface area contributed by atoms with Crippen molar-refractivity contribution in [2.75, 3.05) is 6.54 Å². The average molecular weight is 324 g/mol. The first-order chi connectivity index (χ1) is 10.0. The molecule has 0 saturated heterocycles. The van der Waals surface area contributed by atoms with Crippen LogP contribution >= 0.6 is 23.2 Å². The molecule has 1 aromatic heterocycles. The van der Waals surface area contributed by atoms with Crippen molar-refractivity contribution in [2.45, 2.75) is 33.2 Å². The van der Waals surface area contributed by atoms with E-state index in [0.717, 1.165) is 29.2 Å². The van der Waals surface area contributed by atoms with Crippen LogP contribution in [0.25, 0.3) is 0 Å². The highest BCUT2D eigenvalue weighted by molar-refractivity contribution is 6.35. The highest BCUT2D eigenvalue weighted by Gasteiger charge is 2.11. The van der Waals surface area contributed by atoms with Crippen LogP contribution in [-0.2, 0) is 6.42 Å². The summed E-state index contributed by atoms with van der Waals surface area (Å²) in [4.78, 5) is 9.05. The molecule has 0 spiro atoms. The average Bonchev–Trinajstić information content (AvgIpc) is 2.42. The first kappa shape index (κ1) is 16.2. The first-order valence-electron chi connectivity index (χ1n) is 7.01. The molecule has 1 unspecified atom stereocenters. The zero-order valence-corrected chi connectivity index (χ0v) is 14.0. The van der Waals surface area contributed by atoms with E-state index in [9.17, 15) is 0 Å². The monoisotopic (exact) mass is 323 g/mol. The second-order valence-corrected chi connectivity index (χ2v) is 5.86. The van der Waals surface area contributed by atoms with E-state index in [1.165, 1.54) is 0 Å². The third-order valence-electron chi connectivity index (χ3n) is 3.41. The van der Waals surface area contributed by atoms with Crippen LogP contribution in [0, 0.1) is 6.92 Å². The Hall–Kier alpha value is -1.16. The lowest BCUT2D eigenvalue weighted by Gasteiger charge is -2.15. The molecule has 1 N–H and O–H groups in total. The number of aromatic nitrogens is 2. The zero-order valence-electron chi connectivity index (χ0n) is 12.5. The smallest absolute Gasteiger partial charge is 0.132 e. The van der Waals surface area contributed by atoms with Gasteiger partial charge in [-0.05, 0) is 38.1 Å². The maximum absolute atomic E-state index is 6.19. The Balaban J connectivity index is 2.20. The standard InChI is InChI=1S/C16H19Cl2N3/c1-4-19-10(2)14-9-20-16(21-11(14)3)7-12-5-6-13(17)8-15(12)18/h5-6,8-10,19H,4,7H2,1-3H3. The number of nitrogens with zero attached hydrogens (tertiary/aromatic N) is 2. The predicted octanol–water partition coefficient (Wildman–Crippen LogP) is 4.35. The number of nitrogens with one attached hydrogen (secondary N) is 1. The second kappa shape index (κ2) is 7.21. The van der Waals surface area contributed by atoms with Crippen molar-refractivity contribution < 1.29 is 0 Å². The van der Waals surface area contributed by atoms with Crippen molar-refractivity contribution in [3.63, 3.8) is 0 Å². The molecule has 3 nitrogen and oxygen atoms in total. The number of aryl methyl sites for hydroxylation is 1. The van der Waals surface area contributed by atoms with Crippen LogP contribution in [0.5, 0.6) is 0 Å². The van der Waals surface area contributed by atoms with Crippen LogP contribution < -0.4 is 5.32 Å². The lowest BCUT2D eigenvalue weighted by molar-refractivity contribution is 0.588. The Morgan fingerprint density at radius 3 is 2.67 bits per heavy atom. The van der Waals surface area contributed by atoms with Crippen molar-refractivity contribution in [1.29, 1.82) is 0 Å². The number of hydrogen-bond donors (Lipinski definition) is 1. The third-order valence-corrected chi connectivity index (χ3v) is 3.99. The SMILES string of the molecule is CCNC(C)c1cnc(Cc2ccc(Cl)cc2Cl)nc1C. The minimum atomic E-state index is 0.253. The van der Waals surface area contributed by atoms with Crippen LogP contribution in [0.3, 0.4) is 0 Å². The summed E-state index contributed by atoms with van der Waals surface area (Å²) < 4.78 is 0. The molecule has 1 atom stereocenters. The normalized spacial score (nSPS) is 12.4. The molecule has 2 aromatic rings. The van der Waals surface area contributed by atoms with E-state index in [-0.39, 0.29) is 6.04 Å². The van der Waals surface area contributed by atoms with Crippen LogP contribution in [0.15, 0.2) is 24.4 Å². The topological polar surface area (TPSA) is 37.8 Å². The van der Waals surface area contributed by atoms with Gasteiger partial charge < -0.3 is 5.32 Å². The van der Waals surface area contributed by atoms with E-state index in [1.54, 1.807) is 6.07 Å². The number of halogens is 2. The fraction of sp³-hybridized carbons (Fsp3) is 0.375. The van der Waals surface area contributed by atoms with Crippen molar-refractivity contribution in [1.82, 2.24) is 15.3 Å². The van der Waals surface area contributed by atoms with E-state index in [1.807, 2.05) is 25.3 Å². The van der Waals surface area contributed by atoms with Gasteiger partial charge in [-0.1, -0.05) is 36.2 Å². The summed E-state index contributed by atoms with van der Waals surface area (Å²) in [5, 5.41) is 4.65. The molecule has 0 aliphatic rings. The van der Waals surface area contributed by atoms with Crippen molar-refractivity contribution in [3.05, 3.63) is 57.1 Å². The molecule has 0 aliphatic heterocycles. The lowest BCUT2D eigenvalue weighted by atomic mass is 10.1. The lowest BCUT2D eigenvalue weighted by Crippen LogP contribution is -2.19. The van der Waals surface area contributed by atoms with Gasteiger partial charge in [-0.2, -0.15) is 0 Å². The van der Waals surface area contributed by atoms with Crippen LogP contribution in [0.2, 0.25) is 10.0 Å². The summed E-state index contributed by atoms with van der Waals surface area (Å²) in [6, 6.07) is 5.74. The summed E-state index contributed by atoms with van der Waals surface area (Å²) in [6.45, 7) is 7.13. The summed E-state index contributed by atoms with van der Waals surface area (Å²) >= 11 is 12.1. The maximum atomic E-state index is 6.19. The molecule has 21 heavy (non-hydrogen) atoms. The molecule has 0 aliphatic carbocycles. The van der Waals surface area contributed by atoms with Gasteiger partial charge in [0.25, 0.3) is 0 Å². The van der Waals surface area contributed by atoms with E-state index in [4.69, 9.17) is 23.2 Å². The van der Waals surface area contributed by atoms with Crippen molar-refractivity contribution in [2.24, 2.45) is 0 Å². The Kier molecular flexibility index (Phi) is 5.57. The largest absolute Gasteiger partial charge is 0.310 e. The maximum Gasteiger partial charge on any atom is 0.132 e. The minimum Gasteiger partial charge on any atom is -0.310 e. The van der Waals surface area contributed by atoms with Gasteiger partial charge in [0.15, 0.2) is 0 Å². The van der Waals surface area contributed by atoms with Gasteiger partial charge >= 0.3 is 0 Å². The van der Waals surface area contributed by atoms with Gasteiger partial charge in [-0.15, -0.1) is 0 Å². The summed E-state index contributed by atoms with van der Waals surface area (Å²) in [7, 11) is 0. The zero-order chi connectivity index (χ0) is 15.4. The summed E-state index contributed by atoms with van der Waals surface area (Å²) in [6.07, 6.45) is 2.50. The number of rotatable bonds is 5. The Morgan fingerprint density at radius 1 is 1.29 bits per heavy atom. The highest BCUT2D eigenvalue weighted by Crippen LogP contribution is 2.23. The van der Waals surface area contributed by atoms with Gasteiger partial charge in [-0.3, -0.25) is 0 Å². The fourth-order valence-electron chi connectivity index (χ4n) is 2.29. The molecule has 0 fully saturated rings. The van der Waals surface area contributed by atoms with Gasteiger partial charge in [0.05, 0.1) is 0 Å². The van der Waals surface area contributed by atoms with Crippen molar-refractivity contribution in [3.8, 4) is 0 Å².